The van der Waals surface area contributed by atoms with E-state index in [9.17, 15) is 5.11 Å². The number of aryl methyl sites for hydroxylation is 1. The lowest BCUT2D eigenvalue weighted by molar-refractivity contribution is 0.147. The van der Waals surface area contributed by atoms with Crippen molar-refractivity contribution in [3.8, 4) is 0 Å². The maximum Gasteiger partial charge on any atom is 0.0885 e. The van der Waals surface area contributed by atoms with E-state index in [-0.39, 0.29) is 5.92 Å². The number of rotatable bonds is 4. The van der Waals surface area contributed by atoms with Crippen LogP contribution >= 0.6 is 27.5 Å². The van der Waals surface area contributed by atoms with Gasteiger partial charge in [0.15, 0.2) is 0 Å². The lowest BCUT2D eigenvalue weighted by Gasteiger charge is -2.24. The number of aliphatic hydroxyl groups excluding tert-OH is 1. The van der Waals surface area contributed by atoms with E-state index in [2.05, 4.69) is 15.9 Å². The Hall–Kier alpha value is -0.870. The predicted molar refractivity (Wildman–Crippen MR) is 87.1 cm³/mol. The van der Waals surface area contributed by atoms with Crippen molar-refractivity contribution in [2.75, 3.05) is 6.54 Å². The average Bonchev–Trinajstić information content (AvgIpc) is 2.42. The molecule has 4 heteroatoms. The molecule has 0 aliphatic heterocycles. The summed E-state index contributed by atoms with van der Waals surface area (Å²) in [6.45, 7) is 2.27. The molecule has 0 aromatic heterocycles. The third-order valence-corrected chi connectivity index (χ3v) is 4.46. The molecule has 0 saturated heterocycles. The second kappa shape index (κ2) is 6.72. The molecule has 0 radical (unpaired) electrons. The van der Waals surface area contributed by atoms with Gasteiger partial charge < -0.3 is 10.8 Å². The fourth-order valence-electron chi connectivity index (χ4n) is 2.30. The van der Waals surface area contributed by atoms with Crippen molar-refractivity contribution in [3.63, 3.8) is 0 Å². The van der Waals surface area contributed by atoms with Gasteiger partial charge in [-0.1, -0.05) is 57.9 Å². The first-order valence-corrected chi connectivity index (χ1v) is 7.60. The van der Waals surface area contributed by atoms with Gasteiger partial charge in [-0.25, -0.2) is 0 Å². The molecule has 0 saturated carbocycles. The Morgan fingerprint density at radius 3 is 2.60 bits per heavy atom. The van der Waals surface area contributed by atoms with Crippen LogP contribution < -0.4 is 5.73 Å². The first-order chi connectivity index (χ1) is 9.54. The molecule has 2 rings (SSSR count). The minimum absolute atomic E-state index is 0.188. The normalized spacial score (nSPS) is 14.1. The van der Waals surface area contributed by atoms with Gasteiger partial charge in [-0.05, 0) is 30.2 Å². The minimum Gasteiger partial charge on any atom is -0.388 e. The maximum atomic E-state index is 10.7. The topological polar surface area (TPSA) is 46.2 Å². The Morgan fingerprint density at radius 1 is 1.25 bits per heavy atom. The molecular weight excluding hydrogens is 338 g/mol. The fraction of sp³-hybridized carbons (Fsp3) is 0.250. The molecule has 2 nitrogen and oxygen atoms in total. The molecule has 2 aromatic carbocycles. The van der Waals surface area contributed by atoms with Crippen LogP contribution in [0.1, 0.15) is 28.7 Å². The van der Waals surface area contributed by atoms with Gasteiger partial charge in [0.2, 0.25) is 0 Å². The Morgan fingerprint density at radius 2 is 1.95 bits per heavy atom. The second-order valence-corrected chi connectivity index (χ2v) is 6.11. The predicted octanol–water partition coefficient (Wildman–Crippen LogP) is 4.19. The van der Waals surface area contributed by atoms with E-state index in [1.54, 1.807) is 0 Å². The zero-order chi connectivity index (χ0) is 14.7. The SMILES string of the molecule is Cc1cccc(C(O)C(CN)c2cccc(Br)c2)c1Cl. The monoisotopic (exact) mass is 353 g/mol. The second-order valence-electron chi connectivity index (χ2n) is 4.82. The molecule has 0 bridgehead atoms. The highest BCUT2D eigenvalue weighted by Gasteiger charge is 2.24. The van der Waals surface area contributed by atoms with Crippen LogP contribution in [-0.2, 0) is 0 Å². The molecule has 20 heavy (non-hydrogen) atoms. The summed E-state index contributed by atoms with van der Waals surface area (Å²) in [7, 11) is 0. The van der Waals surface area contributed by atoms with Crippen molar-refractivity contribution >= 4 is 27.5 Å². The number of hydrogen-bond donors (Lipinski definition) is 2. The fourth-order valence-corrected chi connectivity index (χ4v) is 2.95. The summed E-state index contributed by atoms with van der Waals surface area (Å²) < 4.78 is 0.969. The summed E-state index contributed by atoms with van der Waals surface area (Å²) in [5.74, 6) is -0.188. The van der Waals surface area contributed by atoms with Crippen LogP contribution in [0.5, 0.6) is 0 Å². The number of hydrogen-bond acceptors (Lipinski definition) is 2. The number of nitrogens with two attached hydrogens (primary N) is 1. The molecule has 0 aliphatic carbocycles. The van der Waals surface area contributed by atoms with E-state index in [1.807, 2.05) is 49.4 Å². The zero-order valence-electron chi connectivity index (χ0n) is 11.2. The molecule has 2 atom stereocenters. The summed E-state index contributed by atoms with van der Waals surface area (Å²) in [4.78, 5) is 0. The van der Waals surface area contributed by atoms with Gasteiger partial charge in [0.25, 0.3) is 0 Å². The Bertz CT molecular complexity index is 603. The van der Waals surface area contributed by atoms with Crippen molar-refractivity contribution in [1.29, 1.82) is 0 Å². The number of halogens is 2. The lowest BCUT2D eigenvalue weighted by Crippen LogP contribution is -2.20. The molecule has 0 fully saturated rings. The zero-order valence-corrected chi connectivity index (χ0v) is 13.5. The van der Waals surface area contributed by atoms with Gasteiger partial charge in [-0.15, -0.1) is 0 Å². The van der Waals surface area contributed by atoms with E-state index < -0.39 is 6.10 Å². The third-order valence-electron chi connectivity index (χ3n) is 3.45. The van der Waals surface area contributed by atoms with Crippen LogP contribution in [0.2, 0.25) is 5.02 Å². The largest absolute Gasteiger partial charge is 0.388 e. The minimum atomic E-state index is -0.721. The highest BCUT2D eigenvalue weighted by atomic mass is 79.9. The molecule has 0 spiro atoms. The molecule has 106 valence electrons. The molecular formula is C16H17BrClNO. The molecule has 0 aliphatic rings. The van der Waals surface area contributed by atoms with E-state index in [0.717, 1.165) is 21.2 Å². The summed E-state index contributed by atoms with van der Waals surface area (Å²) in [6, 6.07) is 13.5. The first kappa shape index (κ1) is 15.5. The van der Waals surface area contributed by atoms with Gasteiger partial charge in [-0.3, -0.25) is 0 Å². The number of aliphatic hydroxyl groups is 1. The van der Waals surface area contributed by atoms with E-state index >= 15 is 0 Å². The van der Waals surface area contributed by atoms with Crippen LogP contribution in [-0.4, -0.2) is 11.7 Å². The van der Waals surface area contributed by atoms with Crippen LogP contribution in [0.3, 0.4) is 0 Å². The van der Waals surface area contributed by atoms with Gasteiger partial charge in [0.05, 0.1) is 6.10 Å². The summed E-state index contributed by atoms with van der Waals surface area (Å²) in [5, 5.41) is 11.3. The quantitative estimate of drug-likeness (QED) is 0.865. The van der Waals surface area contributed by atoms with Crippen LogP contribution in [0.25, 0.3) is 0 Å². The smallest absolute Gasteiger partial charge is 0.0885 e. The standard InChI is InChI=1S/C16H17BrClNO/c1-10-4-2-7-13(15(10)18)16(20)14(9-19)11-5-3-6-12(17)8-11/h2-8,14,16,20H,9,19H2,1H3. The van der Waals surface area contributed by atoms with Gasteiger partial charge in [-0.2, -0.15) is 0 Å². The number of benzene rings is 2. The molecule has 3 N–H and O–H groups in total. The third kappa shape index (κ3) is 3.23. The highest BCUT2D eigenvalue weighted by Crippen LogP contribution is 2.35. The van der Waals surface area contributed by atoms with Gasteiger partial charge >= 0.3 is 0 Å². The van der Waals surface area contributed by atoms with E-state index in [1.165, 1.54) is 0 Å². The average molecular weight is 355 g/mol. The summed E-state index contributed by atoms with van der Waals surface area (Å²) in [6.07, 6.45) is -0.721. The van der Waals surface area contributed by atoms with Gasteiger partial charge in [0, 0.05) is 27.5 Å². The highest BCUT2D eigenvalue weighted by molar-refractivity contribution is 9.10. The van der Waals surface area contributed by atoms with Crippen molar-refractivity contribution < 1.29 is 5.11 Å². The molecule has 2 unspecified atom stereocenters. The van der Waals surface area contributed by atoms with Gasteiger partial charge in [0.1, 0.15) is 0 Å². The van der Waals surface area contributed by atoms with E-state index in [4.69, 9.17) is 17.3 Å². The van der Waals surface area contributed by atoms with Crippen LogP contribution in [0, 0.1) is 6.92 Å². The maximum absolute atomic E-state index is 10.7. The van der Waals surface area contributed by atoms with Crippen molar-refractivity contribution in [3.05, 3.63) is 68.7 Å². The summed E-state index contributed by atoms with van der Waals surface area (Å²) >= 11 is 9.74. The molecule has 2 aromatic rings. The Balaban J connectivity index is 2.39. The lowest BCUT2D eigenvalue weighted by atomic mass is 9.88. The molecule has 0 heterocycles. The summed E-state index contributed by atoms with van der Waals surface area (Å²) in [5.41, 5.74) is 8.53. The van der Waals surface area contributed by atoms with Crippen LogP contribution in [0.15, 0.2) is 46.9 Å². The van der Waals surface area contributed by atoms with Crippen molar-refractivity contribution in [2.24, 2.45) is 5.73 Å². The van der Waals surface area contributed by atoms with E-state index in [0.29, 0.717) is 11.6 Å². The van der Waals surface area contributed by atoms with Crippen molar-refractivity contribution in [1.82, 2.24) is 0 Å². The Labute approximate surface area is 132 Å². The van der Waals surface area contributed by atoms with Crippen LogP contribution in [0.4, 0.5) is 0 Å². The Kier molecular flexibility index (Phi) is 5.22. The first-order valence-electron chi connectivity index (χ1n) is 6.43. The van der Waals surface area contributed by atoms with Crippen molar-refractivity contribution in [2.45, 2.75) is 18.9 Å². The molecule has 0 amide bonds.